The molecule has 1 aromatic carbocycles. The summed E-state index contributed by atoms with van der Waals surface area (Å²) in [5.41, 5.74) is 1.17. The van der Waals surface area contributed by atoms with Crippen LogP contribution in [-0.4, -0.2) is 21.5 Å². The van der Waals surface area contributed by atoms with E-state index in [0.717, 1.165) is 24.8 Å². The lowest BCUT2D eigenvalue weighted by molar-refractivity contribution is 0.372. The molecule has 0 saturated heterocycles. The Morgan fingerprint density at radius 3 is 2.67 bits per heavy atom. The molecule has 0 heterocycles. The van der Waals surface area contributed by atoms with Crippen molar-refractivity contribution in [2.24, 2.45) is 5.41 Å². The number of rotatable bonds is 5. The summed E-state index contributed by atoms with van der Waals surface area (Å²) in [4.78, 5) is 0.319. The monoisotopic (exact) mass is 374 g/mol. The average molecular weight is 375 g/mol. The van der Waals surface area contributed by atoms with Crippen molar-refractivity contribution in [3.8, 4) is 0 Å². The maximum Gasteiger partial charge on any atom is 0.241 e. The first kappa shape index (κ1) is 16.9. The Labute approximate surface area is 135 Å². The standard InChI is InChI=1S/C15H23BrN2O2S/c1-15(2)7-6-12(9-15)18-21(19,20)14-8-11(10-17-3)4-5-13(14)16/h4-5,8,12,17-18H,6-7,9-10H2,1-3H3. The molecule has 0 amide bonds. The predicted octanol–water partition coefficient (Wildman–Crippen LogP) is 3.03. The van der Waals surface area contributed by atoms with Gasteiger partial charge in [-0.1, -0.05) is 19.9 Å². The van der Waals surface area contributed by atoms with Crippen LogP contribution in [0.1, 0.15) is 38.7 Å². The number of hydrogen-bond acceptors (Lipinski definition) is 3. The molecule has 118 valence electrons. The molecule has 1 aromatic rings. The van der Waals surface area contributed by atoms with Crippen molar-refractivity contribution in [2.45, 2.75) is 50.6 Å². The van der Waals surface area contributed by atoms with Gasteiger partial charge in [0.2, 0.25) is 10.0 Å². The molecule has 1 saturated carbocycles. The molecular formula is C15H23BrN2O2S. The minimum atomic E-state index is -3.49. The van der Waals surface area contributed by atoms with Crippen LogP contribution in [0.4, 0.5) is 0 Å². The molecule has 1 aliphatic rings. The summed E-state index contributed by atoms with van der Waals surface area (Å²) in [6.45, 7) is 5.02. The van der Waals surface area contributed by atoms with Gasteiger partial charge in [-0.15, -0.1) is 0 Å². The van der Waals surface area contributed by atoms with E-state index < -0.39 is 10.0 Å². The van der Waals surface area contributed by atoms with E-state index in [1.807, 2.05) is 13.1 Å². The summed E-state index contributed by atoms with van der Waals surface area (Å²) < 4.78 is 28.7. The number of sulfonamides is 1. The molecule has 0 radical (unpaired) electrons. The lowest BCUT2D eigenvalue weighted by Crippen LogP contribution is -2.33. The minimum Gasteiger partial charge on any atom is -0.316 e. The molecule has 0 aliphatic heterocycles. The topological polar surface area (TPSA) is 58.2 Å². The molecular weight excluding hydrogens is 352 g/mol. The van der Waals surface area contributed by atoms with Crippen LogP contribution in [0.15, 0.2) is 27.6 Å². The number of benzene rings is 1. The van der Waals surface area contributed by atoms with E-state index in [0.29, 0.717) is 15.9 Å². The van der Waals surface area contributed by atoms with Gasteiger partial charge in [-0.05, 0) is 65.4 Å². The van der Waals surface area contributed by atoms with Crippen LogP contribution >= 0.6 is 15.9 Å². The van der Waals surface area contributed by atoms with Crippen molar-refractivity contribution in [2.75, 3.05) is 7.05 Å². The third-order valence-electron chi connectivity index (χ3n) is 3.96. The molecule has 2 rings (SSSR count). The average Bonchev–Trinajstić information content (AvgIpc) is 2.70. The van der Waals surface area contributed by atoms with E-state index in [9.17, 15) is 8.42 Å². The van der Waals surface area contributed by atoms with Crippen LogP contribution in [0.3, 0.4) is 0 Å². The van der Waals surface area contributed by atoms with Crippen molar-refractivity contribution in [1.82, 2.24) is 10.0 Å². The highest BCUT2D eigenvalue weighted by atomic mass is 79.9. The van der Waals surface area contributed by atoms with Crippen molar-refractivity contribution < 1.29 is 8.42 Å². The largest absolute Gasteiger partial charge is 0.316 e. The quantitative estimate of drug-likeness (QED) is 0.832. The van der Waals surface area contributed by atoms with E-state index in [1.54, 1.807) is 12.1 Å². The van der Waals surface area contributed by atoms with E-state index in [-0.39, 0.29) is 11.5 Å². The Kier molecular flexibility index (Phi) is 5.13. The van der Waals surface area contributed by atoms with Crippen LogP contribution in [0.5, 0.6) is 0 Å². The lowest BCUT2D eigenvalue weighted by Gasteiger charge is -2.18. The zero-order valence-corrected chi connectivity index (χ0v) is 15.1. The van der Waals surface area contributed by atoms with Gasteiger partial charge < -0.3 is 5.32 Å². The molecule has 0 aromatic heterocycles. The highest BCUT2D eigenvalue weighted by molar-refractivity contribution is 9.10. The van der Waals surface area contributed by atoms with Gasteiger partial charge >= 0.3 is 0 Å². The fraction of sp³-hybridized carbons (Fsp3) is 0.600. The summed E-state index contributed by atoms with van der Waals surface area (Å²) in [6.07, 6.45) is 2.85. The fourth-order valence-electron chi connectivity index (χ4n) is 2.89. The predicted molar refractivity (Wildman–Crippen MR) is 88.6 cm³/mol. The molecule has 0 bridgehead atoms. The second-order valence-corrected chi connectivity index (χ2v) is 9.06. The molecule has 21 heavy (non-hydrogen) atoms. The highest BCUT2D eigenvalue weighted by Gasteiger charge is 2.34. The van der Waals surface area contributed by atoms with Gasteiger partial charge in [-0.2, -0.15) is 0 Å². The molecule has 1 aliphatic carbocycles. The molecule has 1 fully saturated rings. The Bertz CT molecular complexity index is 614. The van der Waals surface area contributed by atoms with E-state index in [2.05, 4.69) is 39.8 Å². The molecule has 1 atom stereocenters. The fourth-order valence-corrected chi connectivity index (χ4v) is 5.17. The SMILES string of the molecule is CNCc1ccc(Br)c(S(=O)(=O)NC2CCC(C)(C)C2)c1. The first-order chi connectivity index (χ1) is 9.73. The summed E-state index contributed by atoms with van der Waals surface area (Å²) in [5.74, 6) is 0. The Morgan fingerprint density at radius 1 is 1.38 bits per heavy atom. The van der Waals surface area contributed by atoms with Gasteiger partial charge in [0.1, 0.15) is 0 Å². The smallest absolute Gasteiger partial charge is 0.241 e. The highest BCUT2D eigenvalue weighted by Crippen LogP contribution is 2.37. The Hall–Kier alpha value is -0.430. The normalized spacial score (nSPS) is 21.6. The van der Waals surface area contributed by atoms with E-state index in [1.165, 1.54) is 0 Å². The van der Waals surface area contributed by atoms with Crippen LogP contribution in [0, 0.1) is 5.41 Å². The molecule has 6 heteroatoms. The summed E-state index contributed by atoms with van der Waals surface area (Å²) in [7, 11) is -1.65. The minimum absolute atomic E-state index is 0.0323. The van der Waals surface area contributed by atoms with Crippen LogP contribution < -0.4 is 10.0 Å². The van der Waals surface area contributed by atoms with Gasteiger partial charge in [0.15, 0.2) is 0 Å². The van der Waals surface area contributed by atoms with Gasteiger partial charge in [0.05, 0.1) is 4.90 Å². The van der Waals surface area contributed by atoms with Crippen molar-refractivity contribution >= 4 is 26.0 Å². The van der Waals surface area contributed by atoms with Crippen LogP contribution in [-0.2, 0) is 16.6 Å². The number of hydrogen-bond donors (Lipinski definition) is 2. The third kappa shape index (κ3) is 4.28. The van der Waals surface area contributed by atoms with Gasteiger partial charge in [0, 0.05) is 17.1 Å². The Morgan fingerprint density at radius 2 is 2.10 bits per heavy atom. The lowest BCUT2D eigenvalue weighted by atomic mass is 9.92. The van der Waals surface area contributed by atoms with Crippen LogP contribution in [0.25, 0.3) is 0 Å². The van der Waals surface area contributed by atoms with Crippen molar-refractivity contribution in [3.05, 3.63) is 28.2 Å². The van der Waals surface area contributed by atoms with Gasteiger partial charge in [0.25, 0.3) is 0 Å². The second-order valence-electron chi connectivity index (χ2n) is 6.52. The van der Waals surface area contributed by atoms with Crippen molar-refractivity contribution in [1.29, 1.82) is 0 Å². The number of halogens is 1. The van der Waals surface area contributed by atoms with Gasteiger partial charge in [-0.3, -0.25) is 0 Å². The molecule has 2 N–H and O–H groups in total. The number of nitrogens with one attached hydrogen (secondary N) is 2. The third-order valence-corrected chi connectivity index (χ3v) is 6.47. The second kappa shape index (κ2) is 6.36. The van der Waals surface area contributed by atoms with Gasteiger partial charge in [-0.25, -0.2) is 13.1 Å². The van der Waals surface area contributed by atoms with E-state index in [4.69, 9.17) is 0 Å². The zero-order valence-electron chi connectivity index (χ0n) is 12.7. The Balaban J connectivity index is 2.21. The molecule has 1 unspecified atom stereocenters. The maximum absolute atomic E-state index is 12.6. The zero-order chi connectivity index (χ0) is 15.7. The maximum atomic E-state index is 12.6. The molecule has 0 spiro atoms. The summed E-state index contributed by atoms with van der Waals surface area (Å²) >= 11 is 3.35. The first-order valence-electron chi connectivity index (χ1n) is 7.19. The van der Waals surface area contributed by atoms with Crippen molar-refractivity contribution in [3.63, 3.8) is 0 Å². The van der Waals surface area contributed by atoms with E-state index >= 15 is 0 Å². The molecule has 4 nitrogen and oxygen atoms in total. The van der Waals surface area contributed by atoms with Crippen LogP contribution in [0.2, 0.25) is 0 Å². The summed E-state index contributed by atoms with van der Waals surface area (Å²) in [5, 5.41) is 3.04. The first-order valence-corrected chi connectivity index (χ1v) is 9.46. The summed E-state index contributed by atoms with van der Waals surface area (Å²) in [6, 6.07) is 5.46.